The maximum Gasteiger partial charge on any atom is 0.327 e. The molecule has 0 spiro atoms. The summed E-state index contributed by atoms with van der Waals surface area (Å²) in [6.07, 6.45) is 0. The van der Waals surface area contributed by atoms with Crippen molar-refractivity contribution in [1.29, 1.82) is 0 Å². The first kappa shape index (κ1) is 15.5. The lowest BCUT2D eigenvalue weighted by atomic mass is 10.3. The predicted octanol–water partition coefficient (Wildman–Crippen LogP) is 2.13. The van der Waals surface area contributed by atoms with E-state index in [1.807, 2.05) is 4.72 Å². The van der Waals surface area contributed by atoms with E-state index in [-0.39, 0.29) is 4.88 Å². The van der Waals surface area contributed by atoms with Crippen LogP contribution in [0.15, 0.2) is 40.6 Å². The predicted molar refractivity (Wildman–Crippen MR) is 71.4 cm³/mol. The van der Waals surface area contributed by atoms with Gasteiger partial charge in [-0.15, -0.1) is 11.3 Å². The summed E-state index contributed by atoms with van der Waals surface area (Å²) in [6.45, 7) is 0. The van der Waals surface area contributed by atoms with E-state index in [1.165, 1.54) is 6.07 Å². The molecule has 5 nitrogen and oxygen atoms in total. The first-order chi connectivity index (χ1) is 9.81. The van der Waals surface area contributed by atoms with Crippen molar-refractivity contribution >= 4 is 27.3 Å². The zero-order chi connectivity index (χ0) is 15.6. The number of benzene rings is 1. The number of rotatable bonds is 5. The summed E-state index contributed by atoms with van der Waals surface area (Å²) in [5, 5.41) is 10.7. The van der Waals surface area contributed by atoms with E-state index in [9.17, 15) is 22.0 Å². The van der Waals surface area contributed by atoms with Crippen LogP contribution in [-0.4, -0.2) is 19.5 Å². The zero-order valence-corrected chi connectivity index (χ0v) is 11.9. The van der Waals surface area contributed by atoms with Crippen LogP contribution in [0, 0.1) is 11.6 Å². The fraction of sp³-hybridized carbons (Fsp3) is 0.0833. The van der Waals surface area contributed by atoms with Gasteiger partial charge in [-0.1, -0.05) is 6.07 Å². The molecule has 1 heterocycles. The van der Waals surface area contributed by atoms with Gasteiger partial charge in [0.15, 0.2) is 6.04 Å². The molecule has 0 saturated heterocycles. The smallest absolute Gasteiger partial charge is 0.327 e. The lowest BCUT2D eigenvalue weighted by molar-refractivity contribution is -0.139. The number of nitrogens with one attached hydrogen (secondary N) is 1. The quantitative estimate of drug-likeness (QED) is 0.878. The second-order valence-electron chi connectivity index (χ2n) is 3.98. The van der Waals surface area contributed by atoms with Crippen molar-refractivity contribution in [2.75, 3.05) is 0 Å². The number of halogens is 2. The first-order valence-corrected chi connectivity index (χ1v) is 7.91. The van der Waals surface area contributed by atoms with Crippen LogP contribution in [0.1, 0.15) is 10.9 Å². The zero-order valence-electron chi connectivity index (χ0n) is 10.3. The Morgan fingerprint density at radius 3 is 2.52 bits per heavy atom. The maximum absolute atomic E-state index is 13.5. The molecule has 0 amide bonds. The van der Waals surface area contributed by atoms with E-state index in [4.69, 9.17) is 5.11 Å². The van der Waals surface area contributed by atoms with Crippen LogP contribution in [0.2, 0.25) is 0 Å². The van der Waals surface area contributed by atoms with Gasteiger partial charge in [-0.2, -0.15) is 4.72 Å². The summed E-state index contributed by atoms with van der Waals surface area (Å²) < 4.78 is 52.3. The second kappa shape index (κ2) is 5.88. The highest BCUT2D eigenvalue weighted by atomic mass is 32.2. The summed E-state index contributed by atoms with van der Waals surface area (Å²) in [4.78, 5) is 10.6. The average Bonchev–Trinajstić information content (AvgIpc) is 2.88. The van der Waals surface area contributed by atoms with Crippen molar-refractivity contribution in [1.82, 2.24) is 4.72 Å². The average molecular weight is 333 g/mol. The van der Waals surface area contributed by atoms with Gasteiger partial charge in [-0.25, -0.2) is 17.2 Å². The Hall–Kier alpha value is -1.84. The lowest BCUT2D eigenvalue weighted by Gasteiger charge is -2.13. The van der Waals surface area contributed by atoms with Crippen molar-refractivity contribution in [2.24, 2.45) is 0 Å². The van der Waals surface area contributed by atoms with Crippen LogP contribution in [-0.2, 0) is 14.8 Å². The largest absolute Gasteiger partial charge is 0.480 e. The fourth-order valence-corrected chi connectivity index (χ4v) is 3.67. The van der Waals surface area contributed by atoms with E-state index < -0.39 is 38.6 Å². The minimum Gasteiger partial charge on any atom is -0.480 e. The molecule has 112 valence electrons. The SMILES string of the molecule is O=C(O)C(NS(=O)(=O)c1ccc(F)cc1F)c1cccs1. The minimum absolute atomic E-state index is 0.244. The molecule has 0 radical (unpaired) electrons. The Labute approximate surface area is 122 Å². The normalized spacial score (nSPS) is 13.0. The van der Waals surface area contributed by atoms with Gasteiger partial charge in [0.1, 0.15) is 16.5 Å². The molecular weight excluding hydrogens is 324 g/mol. The summed E-state index contributed by atoms with van der Waals surface area (Å²) in [7, 11) is -4.44. The van der Waals surface area contributed by atoms with Crippen LogP contribution < -0.4 is 4.72 Å². The Morgan fingerprint density at radius 2 is 2.00 bits per heavy atom. The number of carboxylic acids is 1. The van der Waals surface area contributed by atoms with Crippen molar-refractivity contribution in [2.45, 2.75) is 10.9 Å². The van der Waals surface area contributed by atoms with Crippen molar-refractivity contribution in [3.63, 3.8) is 0 Å². The van der Waals surface area contributed by atoms with Gasteiger partial charge < -0.3 is 5.11 Å². The number of carbonyl (C=O) groups is 1. The number of aliphatic carboxylic acids is 1. The van der Waals surface area contributed by atoms with Gasteiger partial charge in [0, 0.05) is 10.9 Å². The molecule has 21 heavy (non-hydrogen) atoms. The highest BCUT2D eigenvalue weighted by molar-refractivity contribution is 7.89. The van der Waals surface area contributed by atoms with E-state index in [2.05, 4.69) is 0 Å². The van der Waals surface area contributed by atoms with Gasteiger partial charge in [0.2, 0.25) is 10.0 Å². The molecule has 1 aromatic heterocycles. The van der Waals surface area contributed by atoms with Gasteiger partial charge in [0.25, 0.3) is 0 Å². The van der Waals surface area contributed by atoms with Gasteiger partial charge in [-0.05, 0) is 23.6 Å². The lowest BCUT2D eigenvalue weighted by Crippen LogP contribution is -2.33. The van der Waals surface area contributed by atoms with Crippen molar-refractivity contribution < 1.29 is 27.1 Å². The third-order valence-electron chi connectivity index (χ3n) is 2.53. The van der Waals surface area contributed by atoms with Gasteiger partial charge in [0.05, 0.1) is 0 Å². The topological polar surface area (TPSA) is 83.5 Å². The molecule has 2 rings (SSSR count). The monoisotopic (exact) mass is 333 g/mol. The molecule has 1 atom stereocenters. The molecule has 2 aromatic rings. The fourth-order valence-electron chi connectivity index (χ4n) is 1.60. The minimum atomic E-state index is -4.44. The van der Waals surface area contributed by atoms with Crippen LogP contribution in [0.3, 0.4) is 0 Å². The van der Waals surface area contributed by atoms with Crippen LogP contribution in [0.5, 0.6) is 0 Å². The molecular formula is C12H9F2NO4S2. The molecule has 0 aliphatic rings. The highest BCUT2D eigenvalue weighted by Crippen LogP contribution is 2.23. The van der Waals surface area contributed by atoms with Crippen LogP contribution in [0.4, 0.5) is 8.78 Å². The molecule has 1 aromatic carbocycles. The Morgan fingerprint density at radius 1 is 1.29 bits per heavy atom. The molecule has 0 bridgehead atoms. The van der Waals surface area contributed by atoms with E-state index in [0.717, 1.165) is 23.5 Å². The maximum atomic E-state index is 13.5. The summed E-state index contributed by atoms with van der Waals surface area (Å²) in [5.74, 6) is -3.65. The first-order valence-electron chi connectivity index (χ1n) is 5.55. The molecule has 0 aliphatic heterocycles. The number of thiophene rings is 1. The van der Waals surface area contributed by atoms with Gasteiger partial charge in [-0.3, -0.25) is 4.79 Å². The van der Waals surface area contributed by atoms with E-state index >= 15 is 0 Å². The molecule has 0 aliphatic carbocycles. The van der Waals surface area contributed by atoms with Crippen LogP contribution in [0.25, 0.3) is 0 Å². The number of sulfonamides is 1. The van der Waals surface area contributed by atoms with E-state index in [1.54, 1.807) is 11.4 Å². The van der Waals surface area contributed by atoms with Crippen molar-refractivity contribution in [3.8, 4) is 0 Å². The molecule has 9 heteroatoms. The Balaban J connectivity index is 2.37. The number of hydrogen-bond acceptors (Lipinski definition) is 4. The number of hydrogen-bond donors (Lipinski definition) is 2. The summed E-state index contributed by atoms with van der Waals surface area (Å²) in [6, 6.07) is 3.38. The molecule has 2 N–H and O–H groups in total. The molecule has 0 saturated carbocycles. The third kappa shape index (κ3) is 3.43. The third-order valence-corrected chi connectivity index (χ3v) is 4.92. The summed E-state index contributed by atoms with van der Waals surface area (Å²) in [5.41, 5.74) is 0. The highest BCUT2D eigenvalue weighted by Gasteiger charge is 2.29. The Kier molecular flexibility index (Phi) is 4.35. The van der Waals surface area contributed by atoms with Crippen molar-refractivity contribution in [3.05, 3.63) is 52.2 Å². The summed E-state index contributed by atoms with van der Waals surface area (Å²) >= 11 is 1.04. The van der Waals surface area contributed by atoms with Gasteiger partial charge >= 0.3 is 5.97 Å². The second-order valence-corrected chi connectivity index (χ2v) is 6.64. The Bertz CT molecular complexity index is 760. The standard InChI is InChI=1S/C12H9F2NO4S2/c13-7-3-4-10(8(14)6-7)21(18,19)15-11(12(16)17)9-2-1-5-20-9/h1-6,11,15H,(H,16,17). The van der Waals surface area contributed by atoms with E-state index in [0.29, 0.717) is 6.07 Å². The van der Waals surface area contributed by atoms with Crippen LogP contribution >= 0.6 is 11.3 Å². The molecule has 0 fully saturated rings. The molecule has 1 unspecified atom stereocenters. The number of carboxylic acid groups (broad SMARTS) is 1.